The van der Waals surface area contributed by atoms with E-state index in [1.165, 1.54) is 122 Å². The van der Waals surface area contributed by atoms with Crippen molar-refractivity contribution in [2.75, 3.05) is 13.2 Å². The van der Waals surface area contributed by atoms with Crippen molar-refractivity contribution in [3.8, 4) is 0 Å². The SMILES string of the molecule is CC/C=C\C/C=C\C/C=C\C/C=C\C/C=C\C/C=C\CCCCCCCCC(=O)OCC(COC(=O)CCCCCCC/C=C\CCCCCCCC)OC(=O)CCCCCCC/C=C\CCCCCCCC. The maximum atomic E-state index is 12.9. The number of carbonyl (C=O) groups is 3. The Bertz CT molecular complexity index is 1440. The van der Waals surface area contributed by atoms with Crippen molar-refractivity contribution in [2.24, 2.45) is 0 Å². The highest BCUT2D eigenvalue weighted by atomic mass is 16.6. The zero-order chi connectivity index (χ0) is 52.9. The Kier molecular flexibility index (Phi) is 57.8. The number of esters is 3. The van der Waals surface area contributed by atoms with Crippen LogP contribution in [0.15, 0.2) is 97.2 Å². The van der Waals surface area contributed by atoms with Gasteiger partial charge >= 0.3 is 17.9 Å². The third-order valence-corrected chi connectivity index (χ3v) is 13.0. The first-order chi connectivity index (χ1) is 36.0. The highest BCUT2D eigenvalue weighted by Gasteiger charge is 2.19. The summed E-state index contributed by atoms with van der Waals surface area (Å²) >= 11 is 0. The molecule has 0 aliphatic rings. The van der Waals surface area contributed by atoms with E-state index in [0.717, 1.165) is 128 Å². The van der Waals surface area contributed by atoms with Gasteiger partial charge in [0, 0.05) is 19.3 Å². The molecule has 418 valence electrons. The predicted octanol–water partition coefficient (Wildman–Crippen LogP) is 20.9. The summed E-state index contributed by atoms with van der Waals surface area (Å²) < 4.78 is 16.9. The van der Waals surface area contributed by atoms with E-state index in [-0.39, 0.29) is 31.1 Å². The van der Waals surface area contributed by atoms with Crippen LogP contribution in [0.3, 0.4) is 0 Å². The summed E-state index contributed by atoms with van der Waals surface area (Å²) in [7, 11) is 0. The third kappa shape index (κ3) is 59.1. The second-order valence-corrected chi connectivity index (χ2v) is 20.2. The highest BCUT2D eigenvalue weighted by Crippen LogP contribution is 2.15. The fourth-order valence-corrected chi connectivity index (χ4v) is 8.44. The average Bonchev–Trinajstić information content (AvgIpc) is 3.39. The van der Waals surface area contributed by atoms with Gasteiger partial charge in [-0.2, -0.15) is 0 Å². The first-order valence-corrected chi connectivity index (χ1v) is 30.7. The monoisotopic (exact) mass is 1010 g/mol. The topological polar surface area (TPSA) is 78.9 Å². The summed E-state index contributed by atoms with van der Waals surface area (Å²) in [5.74, 6) is -0.914. The van der Waals surface area contributed by atoms with Gasteiger partial charge in [-0.3, -0.25) is 14.4 Å². The van der Waals surface area contributed by atoms with Gasteiger partial charge in [0.1, 0.15) is 13.2 Å². The van der Waals surface area contributed by atoms with E-state index in [2.05, 4.69) is 118 Å². The number of carbonyl (C=O) groups excluding carboxylic acids is 3. The third-order valence-electron chi connectivity index (χ3n) is 13.0. The molecule has 0 aromatic heterocycles. The Labute approximate surface area is 451 Å². The van der Waals surface area contributed by atoms with Gasteiger partial charge in [-0.15, -0.1) is 0 Å². The van der Waals surface area contributed by atoms with E-state index in [0.29, 0.717) is 19.3 Å². The highest BCUT2D eigenvalue weighted by molar-refractivity contribution is 5.71. The zero-order valence-electron chi connectivity index (χ0n) is 47.9. The van der Waals surface area contributed by atoms with Crippen molar-refractivity contribution in [1.82, 2.24) is 0 Å². The second-order valence-electron chi connectivity index (χ2n) is 20.2. The molecule has 0 aliphatic heterocycles. The van der Waals surface area contributed by atoms with E-state index >= 15 is 0 Å². The van der Waals surface area contributed by atoms with Crippen LogP contribution in [0, 0.1) is 0 Å². The number of hydrogen-bond donors (Lipinski definition) is 0. The predicted molar refractivity (Wildman–Crippen MR) is 316 cm³/mol. The van der Waals surface area contributed by atoms with Crippen LogP contribution in [0.5, 0.6) is 0 Å². The molecule has 0 heterocycles. The van der Waals surface area contributed by atoms with Crippen molar-refractivity contribution in [3.05, 3.63) is 97.2 Å². The van der Waals surface area contributed by atoms with Gasteiger partial charge in [-0.1, -0.05) is 246 Å². The molecule has 1 atom stereocenters. The molecule has 0 saturated carbocycles. The van der Waals surface area contributed by atoms with Crippen molar-refractivity contribution in [1.29, 1.82) is 0 Å². The summed E-state index contributed by atoms with van der Waals surface area (Å²) in [6, 6.07) is 0. The van der Waals surface area contributed by atoms with Crippen LogP contribution in [0.25, 0.3) is 0 Å². The minimum atomic E-state index is -0.793. The molecular formula is C67H114O6. The van der Waals surface area contributed by atoms with Crippen LogP contribution in [0.2, 0.25) is 0 Å². The largest absolute Gasteiger partial charge is 0.462 e. The number of ether oxygens (including phenoxy) is 3. The van der Waals surface area contributed by atoms with Gasteiger partial charge in [0.25, 0.3) is 0 Å². The number of hydrogen-bond acceptors (Lipinski definition) is 6. The Hall–Kier alpha value is -3.67. The molecule has 0 saturated heterocycles. The standard InChI is InChI=1S/C67H114O6/c1-4-7-10-13-16-19-22-25-28-29-30-31-32-33-34-35-36-37-40-42-45-48-51-54-57-60-66(69)72-63-64(73-67(70)61-58-55-52-49-46-43-39-27-24-21-18-15-12-9-6-3)62-71-65(68)59-56-53-50-47-44-41-38-26-23-20-17-14-11-8-5-2/h7,10,16,19,25-28,30-31,33-34,36-39,64H,4-6,8-9,11-15,17-18,20-24,29,32,35,40-63H2,1-3H3/b10-7-,19-16-,28-25-,31-30-,34-33-,37-36-,38-26-,39-27-. The fraction of sp³-hybridized carbons (Fsp3) is 0.716. The molecule has 0 amide bonds. The fourth-order valence-electron chi connectivity index (χ4n) is 8.44. The lowest BCUT2D eigenvalue weighted by Gasteiger charge is -2.18. The smallest absolute Gasteiger partial charge is 0.306 e. The molecule has 0 bridgehead atoms. The molecule has 0 radical (unpaired) electrons. The molecule has 6 nitrogen and oxygen atoms in total. The molecule has 0 aliphatic carbocycles. The van der Waals surface area contributed by atoms with Gasteiger partial charge in [-0.05, 0) is 122 Å². The number of unbranched alkanes of at least 4 members (excludes halogenated alkanes) is 28. The maximum Gasteiger partial charge on any atom is 0.306 e. The summed E-state index contributed by atoms with van der Waals surface area (Å²) in [5.41, 5.74) is 0. The van der Waals surface area contributed by atoms with Crippen LogP contribution >= 0.6 is 0 Å². The Morgan fingerprint density at radius 1 is 0.288 bits per heavy atom. The van der Waals surface area contributed by atoms with Crippen LogP contribution in [-0.4, -0.2) is 37.2 Å². The molecule has 0 N–H and O–H groups in total. The van der Waals surface area contributed by atoms with E-state index in [4.69, 9.17) is 14.2 Å². The maximum absolute atomic E-state index is 12.9. The average molecular weight is 1020 g/mol. The molecule has 0 spiro atoms. The molecule has 1 unspecified atom stereocenters. The normalized spacial score (nSPS) is 12.8. The number of allylic oxidation sites excluding steroid dienone is 16. The minimum absolute atomic E-state index is 0.0894. The van der Waals surface area contributed by atoms with Crippen molar-refractivity contribution < 1.29 is 28.6 Å². The van der Waals surface area contributed by atoms with Gasteiger partial charge in [0.15, 0.2) is 6.10 Å². The summed E-state index contributed by atoms with van der Waals surface area (Å²) in [6.45, 7) is 6.51. The van der Waals surface area contributed by atoms with Crippen LogP contribution < -0.4 is 0 Å². The quantitative estimate of drug-likeness (QED) is 0.0261. The van der Waals surface area contributed by atoms with E-state index in [9.17, 15) is 14.4 Å². The van der Waals surface area contributed by atoms with E-state index in [1.54, 1.807) is 0 Å². The molecule has 0 aromatic carbocycles. The van der Waals surface area contributed by atoms with Crippen molar-refractivity contribution in [3.63, 3.8) is 0 Å². The van der Waals surface area contributed by atoms with E-state index < -0.39 is 6.10 Å². The second kappa shape index (κ2) is 60.9. The Morgan fingerprint density at radius 2 is 0.534 bits per heavy atom. The van der Waals surface area contributed by atoms with E-state index in [1.807, 2.05) is 0 Å². The first-order valence-electron chi connectivity index (χ1n) is 30.7. The molecule has 0 rings (SSSR count). The lowest BCUT2D eigenvalue weighted by Crippen LogP contribution is -2.30. The Morgan fingerprint density at radius 3 is 0.849 bits per heavy atom. The summed E-state index contributed by atoms with van der Waals surface area (Å²) in [4.78, 5) is 38.2. The summed E-state index contributed by atoms with van der Waals surface area (Å²) in [5, 5.41) is 0. The Balaban J connectivity index is 4.39. The van der Waals surface area contributed by atoms with Crippen molar-refractivity contribution in [2.45, 2.75) is 297 Å². The molecular weight excluding hydrogens is 901 g/mol. The van der Waals surface area contributed by atoms with Gasteiger partial charge < -0.3 is 14.2 Å². The van der Waals surface area contributed by atoms with Crippen LogP contribution in [-0.2, 0) is 28.6 Å². The first kappa shape index (κ1) is 69.3. The molecule has 0 aromatic rings. The van der Waals surface area contributed by atoms with Crippen LogP contribution in [0.1, 0.15) is 290 Å². The summed E-state index contributed by atoms with van der Waals surface area (Å²) in [6.07, 6.45) is 81.1. The molecule has 6 heteroatoms. The zero-order valence-corrected chi connectivity index (χ0v) is 47.9. The minimum Gasteiger partial charge on any atom is -0.462 e. The van der Waals surface area contributed by atoms with Gasteiger partial charge in [0.2, 0.25) is 0 Å². The lowest BCUT2D eigenvalue weighted by molar-refractivity contribution is -0.167. The number of rotatable bonds is 55. The van der Waals surface area contributed by atoms with Crippen LogP contribution in [0.4, 0.5) is 0 Å². The van der Waals surface area contributed by atoms with Gasteiger partial charge in [-0.25, -0.2) is 0 Å². The molecule has 0 fully saturated rings. The van der Waals surface area contributed by atoms with Crippen molar-refractivity contribution >= 4 is 17.9 Å². The lowest BCUT2D eigenvalue weighted by atomic mass is 10.1. The molecule has 73 heavy (non-hydrogen) atoms. The van der Waals surface area contributed by atoms with Gasteiger partial charge in [0.05, 0.1) is 0 Å².